The van der Waals surface area contributed by atoms with Crippen LogP contribution in [0.25, 0.3) is 0 Å². The highest BCUT2D eigenvalue weighted by Crippen LogP contribution is 2.29. The van der Waals surface area contributed by atoms with Gasteiger partial charge in [-0.2, -0.15) is 0 Å². The number of anilines is 1. The topological polar surface area (TPSA) is 49.6 Å². The Morgan fingerprint density at radius 3 is 2.42 bits per heavy atom. The highest BCUT2D eigenvalue weighted by atomic mass is 35.5. The van der Waals surface area contributed by atoms with Gasteiger partial charge in [-0.05, 0) is 25.1 Å². The zero-order chi connectivity index (χ0) is 14.0. The van der Waals surface area contributed by atoms with Crippen LogP contribution in [0, 0.1) is 0 Å². The summed E-state index contributed by atoms with van der Waals surface area (Å²) in [7, 11) is 0. The van der Waals surface area contributed by atoms with Gasteiger partial charge in [0.05, 0.1) is 16.8 Å². The Kier molecular flexibility index (Phi) is 4.55. The lowest BCUT2D eigenvalue weighted by Crippen LogP contribution is -2.52. The number of rotatable bonds is 2. The number of carbonyl (C=O) groups excluding carboxylic acids is 1. The summed E-state index contributed by atoms with van der Waals surface area (Å²) in [5, 5.41) is 1.26. The number of hydrogen-bond acceptors (Lipinski definition) is 3. The largest absolute Gasteiger partial charge is 0.367 e. The monoisotopic (exact) mass is 301 g/mol. The first kappa shape index (κ1) is 14.4. The second-order valence-electron chi connectivity index (χ2n) is 4.70. The van der Waals surface area contributed by atoms with Crippen molar-refractivity contribution in [2.24, 2.45) is 5.73 Å². The summed E-state index contributed by atoms with van der Waals surface area (Å²) in [5.74, 6) is 0.00172. The number of carbonyl (C=O) groups is 1. The van der Waals surface area contributed by atoms with Crippen LogP contribution in [0.2, 0.25) is 10.0 Å². The molecule has 0 saturated carbocycles. The van der Waals surface area contributed by atoms with Gasteiger partial charge in [0, 0.05) is 31.2 Å². The Hall–Kier alpha value is -0.970. The van der Waals surface area contributed by atoms with E-state index in [1.54, 1.807) is 17.9 Å². The van der Waals surface area contributed by atoms with E-state index in [0.29, 0.717) is 23.1 Å². The fourth-order valence-electron chi connectivity index (χ4n) is 2.19. The molecule has 6 heteroatoms. The zero-order valence-electron chi connectivity index (χ0n) is 10.8. The van der Waals surface area contributed by atoms with Gasteiger partial charge in [0.15, 0.2) is 0 Å². The SMILES string of the molecule is CC(N)C(=O)N1CCN(c2ccc(Cl)cc2Cl)CC1. The van der Waals surface area contributed by atoms with Gasteiger partial charge in [-0.15, -0.1) is 0 Å². The molecule has 2 rings (SSSR count). The van der Waals surface area contributed by atoms with Crippen molar-refractivity contribution < 1.29 is 4.79 Å². The summed E-state index contributed by atoms with van der Waals surface area (Å²) >= 11 is 12.1. The molecule has 2 N–H and O–H groups in total. The van der Waals surface area contributed by atoms with Crippen molar-refractivity contribution in [2.75, 3.05) is 31.1 Å². The molecular formula is C13H17Cl2N3O. The Labute approximate surface area is 123 Å². The second kappa shape index (κ2) is 5.99. The van der Waals surface area contributed by atoms with Crippen LogP contribution in [0.1, 0.15) is 6.92 Å². The number of nitrogens with zero attached hydrogens (tertiary/aromatic N) is 2. The molecule has 4 nitrogen and oxygen atoms in total. The summed E-state index contributed by atoms with van der Waals surface area (Å²) in [6, 6.07) is 5.03. The third kappa shape index (κ3) is 3.32. The molecule has 0 radical (unpaired) electrons. The smallest absolute Gasteiger partial charge is 0.239 e. The number of benzene rings is 1. The van der Waals surface area contributed by atoms with Crippen molar-refractivity contribution in [2.45, 2.75) is 13.0 Å². The van der Waals surface area contributed by atoms with Crippen LogP contribution in [0.5, 0.6) is 0 Å². The Balaban J connectivity index is 2.02. The normalized spacial score (nSPS) is 17.5. The molecule has 0 aromatic heterocycles. The first-order valence-electron chi connectivity index (χ1n) is 6.23. The van der Waals surface area contributed by atoms with Gasteiger partial charge in [-0.25, -0.2) is 0 Å². The standard InChI is InChI=1S/C13H17Cl2N3O/c1-9(16)13(19)18-6-4-17(5-7-18)12-3-2-10(14)8-11(12)15/h2-3,8-9H,4-7,16H2,1H3. The van der Waals surface area contributed by atoms with E-state index in [-0.39, 0.29) is 5.91 Å². The summed E-state index contributed by atoms with van der Waals surface area (Å²) in [6.45, 7) is 4.54. The molecule has 1 aromatic carbocycles. The maximum atomic E-state index is 11.8. The van der Waals surface area contributed by atoms with E-state index >= 15 is 0 Å². The quantitative estimate of drug-likeness (QED) is 0.909. The molecule has 19 heavy (non-hydrogen) atoms. The maximum Gasteiger partial charge on any atom is 0.239 e. The average molecular weight is 302 g/mol. The van der Waals surface area contributed by atoms with Crippen LogP contribution >= 0.6 is 23.2 Å². The third-order valence-corrected chi connectivity index (χ3v) is 3.77. The van der Waals surface area contributed by atoms with Crippen LogP contribution < -0.4 is 10.6 Å². The second-order valence-corrected chi connectivity index (χ2v) is 5.54. The molecule has 1 unspecified atom stereocenters. The number of hydrogen-bond donors (Lipinski definition) is 1. The van der Waals surface area contributed by atoms with E-state index in [2.05, 4.69) is 4.90 Å². The van der Waals surface area contributed by atoms with Crippen molar-refractivity contribution in [3.63, 3.8) is 0 Å². The van der Waals surface area contributed by atoms with Gasteiger partial charge >= 0.3 is 0 Å². The van der Waals surface area contributed by atoms with E-state index in [9.17, 15) is 4.79 Å². The number of amides is 1. The molecule has 1 aliphatic rings. The average Bonchev–Trinajstić information content (AvgIpc) is 2.38. The molecule has 1 heterocycles. The van der Waals surface area contributed by atoms with Crippen LogP contribution in [-0.4, -0.2) is 43.0 Å². The Morgan fingerprint density at radius 1 is 1.26 bits per heavy atom. The van der Waals surface area contributed by atoms with Gasteiger partial charge in [0.2, 0.25) is 5.91 Å². The lowest BCUT2D eigenvalue weighted by molar-refractivity contribution is -0.132. The minimum atomic E-state index is -0.439. The molecule has 0 spiro atoms. The number of nitrogens with two attached hydrogens (primary N) is 1. The van der Waals surface area contributed by atoms with E-state index in [0.717, 1.165) is 18.8 Å². The predicted molar refractivity (Wildman–Crippen MR) is 78.9 cm³/mol. The summed E-state index contributed by atoms with van der Waals surface area (Å²) in [5.41, 5.74) is 6.57. The Bertz CT molecular complexity index is 471. The van der Waals surface area contributed by atoms with E-state index in [4.69, 9.17) is 28.9 Å². The van der Waals surface area contributed by atoms with E-state index < -0.39 is 6.04 Å². The first-order chi connectivity index (χ1) is 8.99. The zero-order valence-corrected chi connectivity index (χ0v) is 12.3. The van der Waals surface area contributed by atoms with E-state index in [1.165, 1.54) is 0 Å². The molecule has 1 atom stereocenters. The molecule has 104 valence electrons. The van der Waals surface area contributed by atoms with Gasteiger partial charge in [-0.1, -0.05) is 23.2 Å². The lowest BCUT2D eigenvalue weighted by Gasteiger charge is -2.37. The van der Waals surface area contributed by atoms with Gasteiger partial charge in [0.25, 0.3) is 0 Å². The highest BCUT2D eigenvalue weighted by Gasteiger charge is 2.24. The predicted octanol–water partition coefficient (Wildman–Crippen LogP) is 1.99. The van der Waals surface area contributed by atoms with Crippen molar-refractivity contribution in [3.05, 3.63) is 28.2 Å². The number of halogens is 2. The summed E-state index contributed by atoms with van der Waals surface area (Å²) in [6.07, 6.45) is 0. The van der Waals surface area contributed by atoms with Crippen molar-refractivity contribution in [1.29, 1.82) is 0 Å². The van der Waals surface area contributed by atoms with Gasteiger partial charge in [-0.3, -0.25) is 4.79 Å². The van der Waals surface area contributed by atoms with Gasteiger partial charge < -0.3 is 15.5 Å². The van der Waals surface area contributed by atoms with E-state index in [1.807, 2.05) is 12.1 Å². The molecule has 0 bridgehead atoms. The Morgan fingerprint density at radius 2 is 1.89 bits per heavy atom. The number of piperazine rings is 1. The minimum absolute atomic E-state index is 0.00172. The van der Waals surface area contributed by atoms with Crippen LogP contribution in [-0.2, 0) is 4.79 Å². The fraction of sp³-hybridized carbons (Fsp3) is 0.462. The van der Waals surface area contributed by atoms with Crippen molar-refractivity contribution in [3.8, 4) is 0 Å². The molecule has 0 aliphatic carbocycles. The van der Waals surface area contributed by atoms with Crippen molar-refractivity contribution >= 4 is 34.8 Å². The molecule has 1 aliphatic heterocycles. The van der Waals surface area contributed by atoms with Crippen LogP contribution in [0.4, 0.5) is 5.69 Å². The summed E-state index contributed by atoms with van der Waals surface area (Å²) in [4.78, 5) is 15.7. The highest BCUT2D eigenvalue weighted by molar-refractivity contribution is 6.36. The first-order valence-corrected chi connectivity index (χ1v) is 6.99. The van der Waals surface area contributed by atoms with Crippen molar-refractivity contribution in [1.82, 2.24) is 4.90 Å². The third-order valence-electron chi connectivity index (χ3n) is 3.23. The molecule has 1 amide bonds. The lowest BCUT2D eigenvalue weighted by atomic mass is 10.2. The van der Waals surface area contributed by atoms with Crippen LogP contribution in [0.3, 0.4) is 0 Å². The molecule has 1 fully saturated rings. The minimum Gasteiger partial charge on any atom is -0.367 e. The molecule has 1 saturated heterocycles. The van der Waals surface area contributed by atoms with Gasteiger partial charge in [0.1, 0.15) is 0 Å². The van der Waals surface area contributed by atoms with Crippen LogP contribution in [0.15, 0.2) is 18.2 Å². The summed E-state index contributed by atoms with van der Waals surface area (Å²) < 4.78 is 0. The maximum absolute atomic E-state index is 11.8. The molecular weight excluding hydrogens is 285 g/mol. The molecule has 1 aromatic rings. The fourth-order valence-corrected chi connectivity index (χ4v) is 2.72.